The monoisotopic (exact) mass is 278 g/mol. The summed E-state index contributed by atoms with van der Waals surface area (Å²) in [4.78, 5) is 15.3. The Morgan fingerprint density at radius 1 is 1.10 bits per heavy atom. The van der Waals surface area contributed by atoms with E-state index in [0.717, 1.165) is 27.8 Å². The van der Waals surface area contributed by atoms with Gasteiger partial charge in [-0.2, -0.15) is 0 Å². The van der Waals surface area contributed by atoms with Crippen LogP contribution in [0.2, 0.25) is 0 Å². The second-order valence-electron chi connectivity index (χ2n) is 4.77. The highest BCUT2D eigenvalue weighted by Gasteiger charge is 2.07. The first kappa shape index (κ1) is 13.1. The van der Waals surface area contributed by atoms with Crippen molar-refractivity contribution in [3.63, 3.8) is 0 Å². The molecule has 2 N–H and O–H groups in total. The number of aromatic nitrogens is 1. The number of pyridine rings is 1. The molecule has 4 heteroatoms. The van der Waals surface area contributed by atoms with Crippen molar-refractivity contribution in [1.29, 1.82) is 0 Å². The molecule has 0 saturated heterocycles. The van der Waals surface area contributed by atoms with Gasteiger partial charge in [0, 0.05) is 11.1 Å². The number of carboxylic acid groups (broad SMARTS) is 1. The lowest BCUT2D eigenvalue weighted by Gasteiger charge is -2.11. The summed E-state index contributed by atoms with van der Waals surface area (Å²) in [7, 11) is 0. The highest BCUT2D eigenvalue weighted by atomic mass is 16.4. The molecule has 0 aliphatic rings. The number of rotatable bonds is 4. The molecule has 0 radical (unpaired) electrons. The maximum Gasteiger partial charge on any atom is 0.307 e. The van der Waals surface area contributed by atoms with Crippen molar-refractivity contribution in [2.24, 2.45) is 0 Å². The zero-order valence-corrected chi connectivity index (χ0v) is 11.3. The fraction of sp³-hybridized carbons (Fsp3) is 0.0588. The van der Waals surface area contributed by atoms with E-state index in [9.17, 15) is 4.79 Å². The summed E-state index contributed by atoms with van der Waals surface area (Å²) in [5.74, 6) is -0.846. The third-order valence-corrected chi connectivity index (χ3v) is 3.23. The van der Waals surface area contributed by atoms with Gasteiger partial charge < -0.3 is 10.4 Å². The van der Waals surface area contributed by atoms with Gasteiger partial charge in [-0.05, 0) is 23.8 Å². The molecule has 0 saturated carbocycles. The van der Waals surface area contributed by atoms with E-state index in [2.05, 4.69) is 10.3 Å². The van der Waals surface area contributed by atoms with Gasteiger partial charge in [0.15, 0.2) is 0 Å². The summed E-state index contributed by atoms with van der Waals surface area (Å²) < 4.78 is 0. The molecule has 0 spiro atoms. The predicted octanol–water partition coefficient (Wildman–Crippen LogP) is 3.61. The number of hydrogen-bond acceptors (Lipinski definition) is 3. The van der Waals surface area contributed by atoms with Crippen LogP contribution < -0.4 is 5.32 Å². The first-order chi connectivity index (χ1) is 10.2. The van der Waals surface area contributed by atoms with Crippen molar-refractivity contribution in [1.82, 2.24) is 4.98 Å². The lowest BCUT2D eigenvalue weighted by Crippen LogP contribution is -2.03. The van der Waals surface area contributed by atoms with Crippen LogP contribution in [0.15, 0.2) is 60.8 Å². The minimum atomic E-state index is -0.846. The van der Waals surface area contributed by atoms with Crippen LogP contribution in [0.5, 0.6) is 0 Å². The molecular weight excluding hydrogens is 264 g/mol. The molecule has 0 amide bonds. The molecule has 0 atom stereocenters. The van der Waals surface area contributed by atoms with Crippen LogP contribution in [-0.2, 0) is 11.2 Å². The quantitative estimate of drug-likeness (QED) is 0.765. The third-order valence-electron chi connectivity index (χ3n) is 3.23. The lowest BCUT2D eigenvalue weighted by atomic mass is 10.1. The molecule has 3 aromatic rings. The van der Waals surface area contributed by atoms with Crippen LogP contribution in [0.25, 0.3) is 10.9 Å². The predicted molar refractivity (Wildman–Crippen MR) is 82.8 cm³/mol. The minimum absolute atomic E-state index is 0.00974. The van der Waals surface area contributed by atoms with Crippen molar-refractivity contribution in [2.45, 2.75) is 6.42 Å². The average molecular weight is 278 g/mol. The molecule has 0 bridgehead atoms. The number of hydrogen-bond donors (Lipinski definition) is 2. The Morgan fingerprint density at radius 2 is 1.86 bits per heavy atom. The maximum atomic E-state index is 10.9. The summed E-state index contributed by atoms with van der Waals surface area (Å²) in [6.07, 6.45) is 1.74. The van der Waals surface area contributed by atoms with Crippen LogP contribution in [-0.4, -0.2) is 16.1 Å². The standard InChI is InChI=1S/C17H14N2O2/c20-17(21)10-13-6-2-4-8-16(13)19-14-9-12-5-1-3-7-15(12)18-11-14/h1-9,11,19H,10H2,(H,20,21). The topological polar surface area (TPSA) is 62.2 Å². The highest BCUT2D eigenvalue weighted by Crippen LogP contribution is 2.23. The van der Waals surface area contributed by atoms with Gasteiger partial charge in [0.05, 0.1) is 23.8 Å². The average Bonchev–Trinajstić information content (AvgIpc) is 2.49. The molecule has 1 heterocycles. The molecule has 21 heavy (non-hydrogen) atoms. The lowest BCUT2D eigenvalue weighted by molar-refractivity contribution is -0.136. The van der Waals surface area contributed by atoms with Gasteiger partial charge in [-0.3, -0.25) is 9.78 Å². The van der Waals surface area contributed by atoms with Gasteiger partial charge in [0.2, 0.25) is 0 Å². The molecule has 1 aromatic heterocycles. The van der Waals surface area contributed by atoms with E-state index >= 15 is 0 Å². The van der Waals surface area contributed by atoms with Gasteiger partial charge in [-0.25, -0.2) is 0 Å². The van der Waals surface area contributed by atoms with Crippen molar-refractivity contribution in [3.8, 4) is 0 Å². The van der Waals surface area contributed by atoms with Crippen LogP contribution in [0.1, 0.15) is 5.56 Å². The van der Waals surface area contributed by atoms with Gasteiger partial charge in [-0.15, -0.1) is 0 Å². The Bertz CT molecular complexity index is 799. The second-order valence-corrected chi connectivity index (χ2v) is 4.77. The van der Waals surface area contributed by atoms with E-state index in [1.54, 1.807) is 6.20 Å². The number of carbonyl (C=O) groups is 1. The molecule has 0 unspecified atom stereocenters. The Balaban J connectivity index is 1.93. The summed E-state index contributed by atoms with van der Waals surface area (Å²) in [6.45, 7) is 0. The Labute approximate surface area is 122 Å². The molecule has 0 aliphatic carbocycles. The Morgan fingerprint density at radius 3 is 2.71 bits per heavy atom. The zero-order chi connectivity index (χ0) is 14.7. The summed E-state index contributed by atoms with van der Waals surface area (Å²) in [5.41, 5.74) is 3.31. The SMILES string of the molecule is O=C(O)Cc1ccccc1Nc1cnc2ccccc2c1. The van der Waals surface area contributed by atoms with Crippen molar-refractivity contribution in [3.05, 3.63) is 66.4 Å². The number of fused-ring (bicyclic) bond motifs is 1. The second kappa shape index (κ2) is 5.63. The Hall–Kier alpha value is -2.88. The van der Waals surface area contributed by atoms with Gasteiger partial charge in [0.1, 0.15) is 0 Å². The molecule has 4 nitrogen and oxygen atoms in total. The van der Waals surface area contributed by atoms with Crippen molar-refractivity contribution < 1.29 is 9.90 Å². The van der Waals surface area contributed by atoms with Crippen LogP contribution in [0, 0.1) is 0 Å². The zero-order valence-electron chi connectivity index (χ0n) is 11.3. The Kier molecular flexibility index (Phi) is 3.51. The number of aliphatic carboxylic acids is 1. The van der Waals surface area contributed by atoms with Gasteiger partial charge in [-0.1, -0.05) is 36.4 Å². The van der Waals surface area contributed by atoms with E-state index in [1.807, 2.05) is 54.6 Å². The van der Waals surface area contributed by atoms with Crippen LogP contribution >= 0.6 is 0 Å². The first-order valence-electron chi connectivity index (χ1n) is 6.64. The van der Waals surface area contributed by atoms with Crippen LogP contribution in [0.3, 0.4) is 0 Å². The summed E-state index contributed by atoms with van der Waals surface area (Å²) >= 11 is 0. The normalized spacial score (nSPS) is 10.5. The van der Waals surface area contributed by atoms with E-state index < -0.39 is 5.97 Å². The molecule has 104 valence electrons. The van der Waals surface area contributed by atoms with E-state index in [-0.39, 0.29) is 6.42 Å². The number of benzene rings is 2. The number of nitrogens with one attached hydrogen (secondary N) is 1. The highest BCUT2D eigenvalue weighted by molar-refractivity contribution is 5.83. The van der Waals surface area contributed by atoms with E-state index in [0.29, 0.717) is 0 Å². The van der Waals surface area contributed by atoms with Gasteiger partial charge in [0.25, 0.3) is 0 Å². The number of nitrogens with zero attached hydrogens (tertiary/aromatic N) is 1. The maximum absolute atomic E-state index is 10.9. The third kappa shape index (κ3) is 3.00. The molecule has 2 aromatic carbocycles. The van der Waals surface area contributed by atoms with Crippen LogP contribution in [0.4, 0.5) is 11.4 Å². The molecule has 3 rings (SSSR count). The van der Waals surface area contributed by atoms with Crippen molar-refractivity contribution in [2.75, 3.05) is 5.32 Å². The molecule has 0 aliphatic heterocycles. The fourth-order valence-electron chi connectivity index (χ4n) is 2.25. The first-order valence-corrected chi connectivity index (χ1v) is 6.64. The summed E-state index contributed by atoms with van der Waals surface area (Å²) in [6, 6.07) is 17.3. The number of carboxylic acids is 1. The summed E-state index contributed by atoms with van der Waals surface area (Å²) in [5, 5.41) is 13.2. The number of anilines is 2. The molecule has 0 fully saturated rings. The van der Waals surface area contributed by atoms with E-state index in [4.69, 9.17) is 5.11 Å². The van der Waals surface area contributed by atoms with Gasteiger partial charge >= 0.3 is 5.97 Å². The molecular formula is C17H14N2O2. The number of para-hydroxylation sites is 2. The smallest absolute Gasteiger partial charge is 0.307 e. The van der Waals surface area contributed by atoms with E-state index in [1.165, 1.54) is 0 Å². The van der Waals surface area contributed by atoms with Crippen molar-refractivity contribution >= 4 is 28.2 Å². The minimum Gasteiger partial charge on any atom is -0.481 e. The fourth-order valence-corrected chi connectivity index (χ4v) is 2.25. The largest absolute Gasteiger partial charge is 0.481 e.